The summed E-state index contributed by atoms with van der Waals surface area (Å²) in [6, 6.07) is 2.52. The number of ketones is 1. The number of nitrogens with zero attached hydrogens (tertiary/aromatic N) is 4. The van der Waals surface area contributed by atoms with Gasteiger partial charge in [-0.3, -0.25) is 4.79 Å². The lowest BCUT2D eigenvalue weighted by molar-refractivity contribution is -0.115. The van der Waals surface area contributed by atoms with Crippen LogP contribution in [0, 0.1) is 17.6 Å². The van der Waals surface area contributed by atoms with Crippen molar-refractivity contribution in [2.75, 3.05) is 50.7 Å². The Bertz CT molecular complexity index is 1430. The Kier molecular flexibility index (Phi) is 8.32. The highest BCUT2D eigenvalue weighted by molar-refractivity contribution is 5.92. The third-order valence-electron chi connectivity index (χ3n) is 7.30. The summed E-state index contributed by atoms with van der Waals surface area (Å²) in [4.78, 5) is 28.0. The minimum atomic E-state index is -0.895. The zero-order valence-corrected chi connectivity index (χ0v) is 23.4. The van der Waals surface area contributed by atoms with E-state index in [9.17, 15) is 4.79 Å². The van der Waals surface area contributed by atoms with E-state index in [0.29, 0.717) is 55.4 Å². The molecule has 0 saturated carbocycles. The number of fused-ring (bicyclic) bond motifs is 1. The van der Waals surface area contributed by atoms with Gasteiger partial charge in [-0.1, -0.05) is 6.58 Å². The average Bonchev–Trinajstić information content (AvgIpc) is 3.38. The first-order valence-corrected chi connectivity index (χ1v) is 13.4. The van der Waals surface area contributed by atoms with Crippen molar-refractivity contribution >= 4 is 28.5 Å². The van der Waals surface area contributed by atoms with E-state index >= 15 is 8.78 Å². The molecule has 2 saturated heterocycles. The molecule has 0 aliphatic carbocycles. The van der Waals surface area contributed by atoms with Crippen molar-refractivity contribution in [2.24, 2.45) is 5.92 Å². The van der Waals surface area contributed by atoms with Gasteiger partial charge in [0.1, 0.15) is 5.52 Å². The molecule has 1 N–H and O–H groups in total. The van der Waals surface area contributed by atoms with Crippen LogP contribution in [0.5, 0.6) is 11.5 Å². The molecule has 5 rings (SSSR count). The van der Waals surface area contributed by atoms with Crippen LogP contribution in [0.15, 0.2) is 31.0 Å². The molecule has 2 aliphatic heterocycles. The monoisotopic (exact) mass is 569 g/mol. The van der Waals surface area contributed by atoms with Gasteiger partial charge in [-0.25, -0.2) is 23.7 Å². The first-order chi connectivity index (χ1) is 19.7. The lowest BCUT2D eigenvalue weighted by Gasteiger charge is -2.36. The van der Waals surface area contributed by atoms with Gasteiger partial charge in [-0.05, 0) is 26.0 Å². The van der Waals surface area contributed by atoms with E-state index in [0.717, 1.165) is 6.07 Å². The van der Waals surface area contributed by atoms with Crippen LogP contribution in [0.25, 0.3) is 22.2 Å². The zero-order chi connectivity index (χ0) is 29.3. The molecule has 12 heteroatoms. The maximum Gasteiger partial charge on any atom is 0.223 e. The number of aromatic nitrogens is 3. The fraction of sp³-hybridized carbons (Fsp3) is 0.448. The van der Waals surface area contributed by atoms with Crippen LogP contribution in [0.3, 0.4) is 0 Å². The van der Waals surface area contributed by atoms with Crippen molar-refractivity contribution in [1.29, 1.82) is 0 Å². The Hall–Kier alpha value is -3.90. The van der Waals surface area contributed by atoms with Gasteiger partial charge in [-0.2, -0.15) is 0 Å². The molecule has 218 valence electrons. The summed E-state index contributed by atoms with van der Waals surface area (Å²) >= 11 is 0. The van der Waals surface area contributed by atoms with Crippen molar-refractivity contribution < 1.29 is 32.5 Å². The summed E-state index contributed by atoms with van der Waals surface area (Å²) in [7, 11) is 2.59. The molecule has 0 bridgehead atoms. The first kappa shape index (κ1) is 28.6. The second kappa shape index (κ2) is 11.9. The van der Waals surface area contributed by atoms with Crippen LogP contribution in [-0.4, -0.2) is 79.5 Å². The summed E-state index contributed by atoms with van der Waals surface area (Å²) in [6.07, 6.45) is 2.98. The Morgan fingerprint density at radius 1 is 1.12 bits per heavy atom. The quantitative estimate of drug-likeness (QED) is 0.377. The average molecular weight is 570 g/mol. The smallest absolute Gasteiger partial charge is 0.223 e. The molecular weight excluding hydrogens is 536 g/mol. The number of benzene rings is 1. The van der Waals surface area contributed by atoms with E-state index in [1.807, 2.05) is 18.7 Å². The fourth-order valence-electron chi connectivity index (χ4n) is 5.37. The Morgan fingerprint density at radius 2 is 1.80 bits per heavy atom. The molecule has 4 atom stereocenters. The molecule has 2 aliphatic rings. The normalized spacial score (nSPS) is 22.5. The molecule has 2 fully saturated rings. The molecule has 3 aromatic rings. The van der Waals surface area contributed by atoms with Gasteiger partial charge < -0.3 is 29.2 Å². The van der Waals surface area contributed by atoms with E-state index in [-0.39, 0.29) is 52.7 Å². The van der Waals surface area contributed by atoms with Crippen LogP contribution in [-0.2, 0) is 14.3 Å². The van der Waals surface area contributed by atoms with Gasteiger partial charge in [0.25, 0.3) is 0 Å². The molecule has 2 unspecified atom stereocenters. The molecule has 10 nitrogen and oxygen atoms in total. The molecule has 1 aromatic carbocycles. The van der Waals surface area contributed by atoms with Gasteiger partial charge in [0.05, 0.1) is 56.9 Å². The second-order valence-corrected chi connectivity index (χ2v) is 10.3. The van der Waals surface area contributed by atoms with Crippen molar-refractivity contribution in [3.05, 3.63) is 42.6 Å². The number of hydrogen-bond acceptors (Lipinski definition) is 10. The van der Waals surface area contributed by atoms with Gasteiger partial charge in [0.2, 0.25) is 5.95 Å². The number of carbonyl (C=O) groups excluding carboxylic acids is 1. The van der Waals surface area contributed by atoms with Crippen molar-refractivity contribution in [2.45, 2.75) is 38.5 Å². The third kappa shape index (κ3) is 5.80. The second-order valence-electron chi connectivity index (χ2n) is 10.3. The van der Waals surface area contributed by atoms with E-state index in [1.165, 1.54) is 20.3 Å². The van der Waals surface area contributed by atoms with Gasteiger partial charge in [0.15, 0.2) is 34.7 Å². The topological polar surface area (TPSA) is 108 Å². The molecule has 2 aromatic heterocycles. The number of methoxy groups -OCH3 is 2. The number of rotatable bonds is 9. The highest BCUT2D eigenvalue weighted by atomic mass is 19.1. The molecule has 0 spiro atoms. The minimum Gasteiger partial charge on any atom is -0.494 e. The largest absolute Gasteiger partial charge is 0.494 e. The third-order valence-corrected chi connectivity index (χ3v) is 7.30. The van der Waals surface area contributed by atoms with Gasteiger partial charge in [-0.15, -0.1) is 0 Å². The van der Waals surface area contributed by atoms with Crippen LogP contribution < -0.4 is 19.7 Å². The first-order valence-electron chi connectivity index (χ1n) is 13.4. The van der Waals surface area contributed by atoms with Crippen LogP contribution in [0.1, 0.15) is 20.3 Å². The standard InChI is InChI=1S/C29H33F2N5O5/c1-6-19(37)7-18-13-40-14-21(18)34-29-32-10-17-8-20(24-25(30)22(38-4)9-23(39-5)26(24)31)33-28(27(17)35-29)36-11-15(2)41-16(3)12-36/h6,8-10,15-16,18,21H,1,7,11-14H2,2-5H3,(H,32,34,35)/t15?,16?,18-,21+/m0/s1. The number of hydrogen-bond donors (Lipinski definition) is 1. The maximum absolute atomic E-state index is 15.5. The SMILES string of the molecule is C=CC(=O)C[C@H]1COC[C@H]1Nc1ncc2cc(-c3c(F)c(OC)cc(OC)c3F)nc(N3CC(C)OC(C)C3)c2n1. The zero-order valence-electron chi connectivity index (χ0n) is 23.4. The van der Waals surface area contributed by atoms with E-state index in [2.05, 4.69) is 16.9 Å². The van der Waals surface area contributed by atoms with Crippen LogP contribution in [0.2, 0.25) is 0 Å². The number of morpholine rings is 1. The summed E-state index contributed by atoms with van der Waals surface area (Å²) < 4.78 is 52.8. The number of nitrogens with one attached hydrogen (secondary N) is 1. The number of pyridine rings is 1. The molecule has 4 heterocycles. The highest BCUT2D eigenvalue weighted by Crippen LogP contribution is 2.39. The fourth-order valence-corrected chi connectivity index (χ4v) is 5.37. The Balaban J connectivity index is 1.61. The van der Waals surface area contributed by atoms with Crippen molar-refractivity contribution in [3.8, 4) is 22.8 Å². The van der Waals surface area contributed by atoms with E-state index < -0.39 is 11.6 Å². The minimum absolute atomic E-state index is 0.0444. The number of anilines is 2. The Labute approximate surface area is 236 Å². The van der Waals surface area contributed by atoms with Gasteiger partial charge >= 0.3 is 0 Å². The summed E-state index contributed by atoms with van der Waals surface area (Å²) in [5.74, 6) is -1.49. The van der Waals surface area contributed by atoms with E-state index in [1.54, 1.807) is 12.3 Å². The molecule has 0 radical (unpaired) electrons. The van der Waals surface area contributed by atoms with Crippen LogP contribution >= 0.6 is 0 Å². The number of ether oxygens (including phenoxy) is 4. The number of halogens is 2. The summed E-state index contributed by atoms with van der Waals surface area (Å²) in [5, 5.41) is 3.83. The maximum atomic E-state index is 15.5. The molecule has 41 heavy (non-hydrogen) atoms. The predicted octanol–water partition coefficient (Wildman–Crippen LogP) is 4.17. The lowest BCUT2D eigenvalue weighted by Crippen LogP contribution is -2.46. The Morgan fingerprint density at radius 3 is 2.44 bits per heavy atom. The summed E-state index contributed by atoms with van der Waals surface area (Å²) in [5.41, 5.74) is 0.169. The highest BCUT2D eigenvalue weighted by Gasteiger charge is 2.31. The molecule has 0 amide bonds. The lowest BCUT2D eigenvalue weighted by atomic mass is 9.97. The van der Waals surface area contributed by atoms with E-state index in [4.69, 9.17) is 28.9 Å². The number of carbonyl (C=O) groups is 1. The van der Waals surface area contributed by atoms with Crippen molar-refractivity contribution in [1.82, 2.24) is 15.0 Å². The molecular formula is C29H33F2N5O5. The predicted molar refractivity (Wildman–Crippen MR) is 150 cm³/mol. The van der Waals surface area contributed by atoms with Crippen molar-refractivity contribution in [3.63, 3.8) is 0 Å². The van der Waals surface area contributed by atoms with Crippen LogP contribution in [0.4, 0.5) is 20.5 Å². The summed E-state index contributed by atoms with van der Waals surface area (Å²) in [6.45, 7) is 9.29. The van der Waals surface area contributed by atoms with Gasteiger partial charge in [0, 0.05) is 43.1 Å². The number of allylic oxidation sites excluding steroid dienone is 1.